The smallest absolute Gasteiger partial charge is 0.262 e. The highest BCUT2D eigenvalue weighted by atomic mass is 32.2. The minimum Gasteiger partial charge on any atom is -0.454 e. The molecule has 0 aromatic heterocycles. The maximum atomic E-state index is 12.8. The van der Waals surface area contributed by atoms with Gasteiger partial charge in [0.25, 0.3) is 11.8 Å². The van der Waals surface area contributed by atoms with Gasteiger partial charge in [0, 0.05) is 30.8 Å². The molecule has 35 heavy (non-hydrogen) atoms. The Bertz CT molecular complexity index is 1160. The van der Waals surface area contributed by atoms with E-state index in [0.717, 1.165) is 18.7 Å². The summed E-state index contributed by atoms with van der Waals surface area (Å²) in [7, 11) is 0. The summed E-state index contributed by atoms with van der Waals surface area (Å²) in [5.41, 5.74) is 1.78. The van der Waals surface area contributed by atoms with E-state index < -0.39 is 5.25 Å². The van der Waals surface area contributed by atoms with Crippen LogP contribution in [0.1, 0.15) is 49.2 Å². The Labute approximate surface area is 208 Å². The summed E-state index contributed by atoms with van der Waals surface area (Å²) in [6.45, 7) is 7.56. The lowest BCUT2D eigenvalue weighted by Crippen LogP contribution is -2.28. The fourth-order valence-corrected chi connectivity index (χ4v) is 5.00. The van der Waals surface area contributed by atoms with Crippen LogP contribution in [-0.4, -0.2) is 52.9 Å². The average molecular weight is 497 g/mol. The molecule has 2 atom stereocenters. The normalized spacial score (nSPS) is 17.1. The van der Waals surface area contributed by atoms with Crippen molar-refractivity contribution in [2.45, 2.75) is 38.5 Å². The number of fused-ring (bicyclic) bond motifs is 1. The maximum absolute atomic E-state index is 12.8. The van der Waals surface area contributed by atoms with E-state index in [4.69, 9.17) is 9.47 Å². The predicted octanol–water partition coefficient (Wildman–Crippen LogP) is 3.57. The number of carbonyl (C=O) groups is 3. The number of hydrogen-bond donors (Lipinski definition) is 2. The Balaban J connectivity index is 1.33. The summed E-state index contributed by atoms with van der Waals surface area (Å²) in [5.74, 6) is 0.465. The van der Waals surface area contributed by atoms with E-state index >= 15 is 0 Å². The van der Waals surface area contributed by atoms with E-state index in [9.17, 15) is 14.4 Å². The lowest BCUT2D eigenvalue weighted by atomic mass is 10.1. The highest BCUT2D eigenvalue weighted by Crippen LogP contribution is 2.34. The molecule has 4 rings (SSSR count). The molecule has 9 nitrogen and oxygen atoms in total. The van der Waals surface area contributed by atoms with Gasteiger partial charge in [0.05, 0.1) is 6.04 Å². The first-order valence-corrected chi connectivity index (χ1v) is 12.4. The molecule has 0 bridgehead atoms. The van der Waals surface area contributed by atoms with Crippen molar-refractivity contribution in [3.8, 4) is 11.5 Å². The minimum absolute atomic E-state index is 0.00927. The van der Waals surface area contributed by atoms with E-state index in [2.05, 4.69) is 15.6 Å². The van der Waals surface area contributed by atoms with Crippen LogP contribution in [0.15, 0.2) is 47.5 Å². The van der Waals surface area contributed by atoms with Crippen molar-refractivity contribution in [3.63, 3.8) is 0 Å². The van der Waals surface area contributed by atoms with Crippen LogP contribution in [0.2, 0.25) is 0 Å². The third-order valence-corrected chi connectivity index (χ3v) is 7.00. The summed E-state index contributed by atoms with van der Waals surface area (Å²) in [5, 5.41) is 5.87. The molecule has 0 saturated carbocycles. The Morgan fingerprint density at radius 3 is 2.69 bits per heavy atom. The first-order valence-electron chi connectivity index (χ1n) is 11.5. The molecule has 2 aliphatic rings. The van der Waals surface area contributed by atoms with E-state index in [1.807, 2.05) is 43.9 Å². The van der Waals surface area contributed by atoms with E-state index in [1.54, 1.807) is 24.3 Å². The molecule has 0 aliphatic carbocycles. The van der Waals surface area contributed by atoms with Gasteiger partial charge in [-0.05, 0) is 56.7 Å². The highest BCUT2D eigenvalue weighted by Gasteiger charge is 2.32. The van der Waals surface area contributed by atoms with Crippen molar-refractivity contribution in [1.29, 1.82) is 0 Å². The SMILES string of the molecule is CCN(CC)C1=NC(=O)[C@H](CC(=O)Nc2cccc(C(=O)N[C@H](C)c3ccc4c(c3)OCO4)c2)S1. The number of hydrogen-bond acceptors (Lipinski definition) is 7. The molecule has 2 aromatic rings. The Morgan fingerprint density at radius 2 is 1.91 bits per heavy atom. The van der Waals surface area contributed by atoms with Crippen molar-refractivity contribution in [2.75, 3.05) is 25.2 Å². The number of anilines is 1. The van der Waals surface area contributed by atoms with Crippen molar-refractivity contribution in [2.24, 2.45) is 4.99 Å². The molecule has 10 heteroatoms. The van der Waals surface area contributed by atoms with Gasteiger partial charge in [0.1, 0.15) is 5.25 Å². The number of benzene rings is 2. The van der Waals surface area contributed by atoms with Crippen LogP contribution in [0.4, 0.5) is 5.69 Å². The minimum atomic E-state index is -0.542. The number of nitrogens with zero attached hydrogens (tertiary/aromatic N) is 2. The van der Waals surface area contributed by atoms with E-state index in [1.165, 1.54) is 11.8 Å². The third-order valence-electron chi connectivity index (χ3n) is 5.79. The van der Waals surface area contributed by atoms with Gasteiger partial charge in [-0.1, -0.05) is 23.9 Å². The van der Waals surface area contributed by atoms with Gasteiger partial charge >= 0.3 is 0 Å². The molecule has 0 radical (unpaired) electrons. The molecule has 2 heterocycles. The first kappa shape index (κ1) is 24.6. The molecule has 2 aromatic carbocycles. The van der Waals surface area contributed by atoms with Crippen molar-refractivity contribution in [3.05, 3.63) is 53.6 Å². The van der Waals surface area contributed by atoms with Gasteiger partial charge in [-0.2, -0.15) is 4.99 Å². The summed E-state index contributed by atoms with van der Waals surface area (Å²) < 4.78 is 10.7. The molecule has 184 valence electrons. The van der Waals surface area contributed by atoms with E-state index in [0.29, 0.717) is 27.9 Å². The maximum Gasteiger partial charge on any atom is 0.262 e. The lowest BCUT2D eigenvalue weighted by molar-refractivity contribution is -0.121. The molecular formula is C25H28N4O5S. The summed E-state index contributed by atoms with van der Waals surface area (Å²) in [6, 6.07) is 12.0. The van der Waals surface area contributed by atoms with Gasteiger partial charge < -0.3 is 25.0 Å². The zero-order valence-corrected chi connectivity index (χ0v) is 20.7. The topological polar surface area (TPSA) is 109 Å². The highest BCUT2D eigenvalue weighted by molar-refractivity contribution is 8.15. The second-order valence-corrected chi connectivity index (χ2v) is 9.32. The van der Waals surface area contributed by atoms with Crippen LogP contribution in [-0.2, 0) is 9.59 Å². The van der Waals surface area contributed by atoms with E-state index in [-0.39, 0.29) is 37.0 Å². The number of amides is 3. The second kappa shape index (κ2) is 10.8. The zero-order valence-electron chi connectivity index (χ0n) is 19.9. The van der Waals surface area contributed by atoms with Gasteiger partial charge in [-0.15, -0.1) is 0 Å². The van der Waals surface area contributed by atoms with Gasteiger partial charge in [0.15, 0.2) is 16.7 Å². The fraction of sp³-hybridized carbons (Fsp3) is 0.360. The van der Waals surface area contributed by atoms with Crippen LogP contribution in [0, 0.1) is 0 Å². The van der Waals surface area contributed by atoms with Crippen molar-refractivity contribution in [1.82, 2.24) is 10.2 Å². The summed E-state index contributed by atoms with van der Waals surface area (Å²) >= 11 is 1.32. The molecular weight excluding hydrogens is 468 g/mol. The number of ether oxygens (including phenoxy) is 2. The van der Waals surface area contributed by atoms with Crippen LogP contribution in [0.25, 0.3) is 0 Å². The number of amidine groups is 1. The zero-order chi connectivity index (χ0) is 24.9. The van der Waals surface area contributed by atoms with Crippen LogP contribution in [0.5, 0.6) is 11.5 Å². The summed E-state index contributed by atoms with van der Waals surface area (Å²) in [6.07, 6.45) is 0.00927. The molecule has 3 amide bonds. The van der Waals surface area contributed by atoms with Crippen LogP contribution >= 0.6 is 11.8 Å². The summed E-state index contributed by atoms with van der Waals surface area (Å²) in [4.78, 5) is 43.8. The predicted molar refractivity (Wildman–Crippen MR) is 135 cm³/mol. The lowest BCUT2D eigenvalue weighted by Gasteiger charge is -2.19. The second-order valence-electron chi connectivity index (χ2n) is 8.15. The first-order chi connectivity index (χ1) is 16.9. The van der Waals surface area contributed by atoms with Crippen molar-refractivity contribution < 1.29 is 23.9 Å². The van der Waals surface area contributed by atoms with Crippen LogP contribution in [0.3, 0.4) is 0 Å². The quantitative estimate of drug-likeness (QED) is 0.575. The monoisotopic (exact) mass is 496 g/mol. The van der Waals surface area contributed by atoms with Gasteiger partial charge in [-0.25, -0.2) is 0 Å². The van der Waals surface area contributed by atoms with Gasteiger partial charge in [-0.3, -0.25) is 14.4 Å². The molecule has 0 fully saturated rings. The largest absolute Gasteiger partial charge is 0.454 e. The van der Waals surface area contributed by atoms with Crippen molar-refractivity contribution >= 4 is 40.3 Å². The number of thioether (sulfide) groups is 1. The molecule has 2 aliphatic heterocycles. The molecule has 0 spiro atoms. The number of rotatable bonds is 8. The van der Waals surface area contributed by atoms with Crippen LogP contribution < -0.4 is 20.1 Å². The number of carbonyl (C=O) groups excluding carboxylic acids is 3. The average Bonchev–Trinajstić information content (AvgIpc) is 3.46. The molecule has 2 N–H and O–H groups in total. The Morgan fingerprint density at radius 1 is 1.14 bits per heavy atom. The molecule has 0 unspecified atom stereocenters. The third kappa shape index (κ3) is 5.76. The standard InChI is InChI=1S/C25H28N4O5S/c1-4-29(5-2)25-28-24(32)21(35-25)13-22(30)27-18-8-6-7-17(11-18)23(31)26-15(3)16-9-10-19-20(12-16)34-14-33-19/h6-12,15,21H,4-5,13-14H2,1-3H3,(H,26,31)(H,27,30)/t15-,21+/m1/s1. The number of nitrogens with one attached hydrogen (secondary N) is 2. The Hall–Kier alpha value is -3.53. The van der Waals surface area contributed by atoms with Gasteiger partial charge in [0.2, 0.25) is 12.7 Å². The fourth-order valence-electron chi connectivity index (χ4n) is 3.80. The Kier molecular flexibility index (Phi) is 7.60. The number of aliphatic imine (C=N–C) groups is 1. The molecule has 0 saturated heterocycles.